The first-order valence-corrected chi connectivity index (χ1v) is 5.68. The monoisotopic (exact) mass is 239 g/mol. The summed E-state index contributed by atoms with van der Waals surface area (Å²) in [6.45, 7) is 0. The van der Waals surface area contributed by atoms with E-state index in [0.29, 0.717) is 5.78 Å². The van der Waals surface area contributed by atoms with Gasteiger partial charge in [-0.2, -0.15) is 5.10 Å². The van der Waals surface area contributed by atoms with Crippen LogP contribution in [0.1, 0.15) is 0 Å². The lowest BCUT2D eigenvalue weighted by molar-refractivity contribution is 0.902. The number of rotatable bonds is 2. The third kappa shape index (κ3) is 1.79. The molecule has 2 heterocycles. The molecule has 0 radical (unpaired) electrons. The van der Waals surface area contributed by atoms with Crippen LogP contribution in [0.5, 0.6) is 0 Å². The Morgan fingerprint density at radius 1 is 1.06 bits per heavy atom. The summed E-state index contributed by atoms with van der Waals surface area (Å²) < 4.78 is 1.68. The minimum absolute atomic E-state index is 0.615. The molecular weight excluding hydrogens is 226 g/mol. The van der Waals surface area contributed by atoms with Crippen molar-refractivity contribution in [1.29, 1.82) is 0 Å². The zero-order chi connectivity index (χ0) is 12.5. The molecule has 0 unspecified atom stereocenters. The SMILES string of the molecule is CN(C)c1ccc(-c2cn3nccnc3n2)cc1. The van der Waals surface area contributed by atoms with Gasteiger partial charge >= 0.3 is 0 Å². The average molecular weight is 239 g/mol. The summed E-state index contributed by atoms with van der Waals surface area (Å²) in [4.78, 5) is 10.7. The van der Waals surface area contributed by atoms with Gasteiger partial charge in [0.25, 0.3) is 5.78 Å². The van der Waals surface area contributed by atoms with E-state index in [1.54, 1.807) is 16.9 Å². The molecule has 0 bridgehead atoms. The van der Waals surface area contributed by atoms with Crippen molar-refractivity contribution in [2.24, 2.45) is 0 Å². The predicted molar refractivity (Wildman–Crippen MR) is 70.5 cm³/mol. The second-order valence-electron chi connectivity index (χ2n) is 4.25. The summed E-state index contributed by atoms with van der Waals surface area (Å²) in [6, 6.07) is 8.24. The highest BCUT2D eigenvalue weighted by atomic mass is 15.3. The fourth-order valence-electron chi connectivity index (χ4n) is 1.81. The Morgan fingerprint density at radius 3 is 2.50 bits per heavy atom. The zero-order valence-electron chi connectivity index (χ0n) is 10.3. The van der Waals surface area contributed by atoms with E-state index in [1.165, 1.54) is 5.69 Å². The Balaban J connectivity index is 2.03. The van der Waals surface area contributed by atoms with Crippen LogP contribution < -0.4 is 4.90 Å². The van der Waals surface area contributed by atoms with Crippen LogP contribution >= 0.6 is 0 Å². The quantitative estimate of drug-likeness (QED) is 0.684. The average Bonchev–Trinajstić information content (AvgIpc) is 2.82. The number of imidazole rings is 1. The van der Waals surface area contributed by atoms with Crippen molar-refractivity contribution in [3.63, 3.8) is 0 Å². The van der Waals surface area contributed by atoms with Crippen LogP contribution in [0.15, 0.2) is 42.9 Å². The van der Waals surface area contributed by atoms with Crippen LogP contribution in [0.4, 0.5) is 5.69 Å². The maximum atomic E-state index is 4.43. The highest BCUT2D eigenvalue weighted by Gasteiger charge is 2.05. The maximum Gasteiger partial charge on any atom is 0.251 e. The summed E-state index contributed by atoms with van der Waals surface area (Å²) in [7, 11) is 4.04. The molecule has 0 N–H and O–H groups in total. The Bertz CT molecular complexity index is 636. The summed E-state index contributed by atoms with van der Waals surface area (Å²) in [5.41, 5.74) is 3.11. The van der Waals surface area contributed by atoms with Gasteiger partial charge in [0, 0.05) is 25.3 Å². The Morgan fingerprint density at radius 2 is 1.83 bits per heavy atom. The minimum Gasteiger partial charge on any atom is -0.378 e. The van der Waals surface area contributed by atoms with Crippen molar-refractivity contribution in [2.45, 2.75) is 0 Å². The normalized spacial score (nSPS) is 10.8. The van der Waals surface area contributed by atoms with E-state index < -0.39 is 0 Å². The molecule has 3 rings (SSSR count). The van der Waals surface area contributed by atoms with Crippen LogP contribution in [0.3, 0.4) is 0 Å². The Labute approximate surface area is 105 Å². The Hall–Kier alpha value is -2.43. The topological polar surface area (TPSA) is 46.3 Å². The molecule has 2 aromatic heterocycles. The highest BCUT2D eigenvalue weighted by molar-refractivity contribution is 5.64. The summed E-state index contributed by atoms with van der Waals surface area (Å²) in [6.07, 6.45) is 5.17. The van der Waals surface area contributed by atoms with Crippen LogP contribution in [-0.2, 0) is 0 Å². The number of fused-ring (bicyclic) bond motifs is 1. The maximum absolute atomic E-state index is 4.43. The lowest BCUT2D eigenvalue weighted by Crippen LogP contribution is -2.07. The number of benzene rings is 1. The summed E-state index contributed by atoms with van der Waals surface area (Å²) >= 11 is 0. The van der Waals surface area contributed by atoms with Gasteiger partial charge in [0.15, 0.2) is 0 Å². The van der Waals surface area contributed by atoms with Gasteiger partial charge in [0.05, 0.1) is 24.3 Å². The molecule has 0 fully saturated rings. The van der Waals surface area contributed by atoms with Gasteiger partial charge in [0.1, 0.15) is 0 Å². The smallest absolute Gasteiger partial charge is 0.251 e. The molecular formula is C13H13N5. The molecule has 5 nitrogen and oxygen atoms in total. The van der Waals surface area contributed by atoms with Gasteiger partial charge in [-0.15, -0.1) is 0 Å². The summed E-state index contributed by atoms with van der Waals surface area (Å²) in [5, 5.41) is 4.16. The molecule has 3 aromatic rings. The third-order valence-electron chi connectivity index (χ3n) is 2.80. The van der Waals surface area contributed by atoms with Crippen LogP contribution in [-0.4, -0.2) is 33.7 Å². The number of aromatic nitrogens is 4. The first kappa shape index (κ1) is 10.7. The Kier molecular flexibility index (Phi) is 2.44. The fraction of sp³-hybridized carbons (Fsp3) is 0.154. The largest absolute Gasteiger partial charge is 0.378 e. The lowest BCUT2D eigenvalue weighted by atomic mass is 10.1. The molecule has 0 saturated heterocycles. The first-order valence-electron chi connectivity index (χ1n) is 5.68. The zero-order valence-corrected chi connectivity index (χ0v) is 10.3. The van der Waals surface area contributed by atoms with Gasteiger partial charge in [0.2, 0.25) is 0 Å². The molecule has 0 aliphatic rings. The van der Waals surface area contributed by atoms with Crippen LogP contribution in [0, 0.1) is 0 Å². The number of hydrogen-bond donors (Lipinski definition) is 0. The number of hydrogen-bond acceptors (Lipinski definition) is 4. The first-order chi connectivity index (χ1) is 8.74. The molecule has 1 aromatic carbocycles. The van der Waals surface area contributed by atoms with Gasteiger partial charge in [-0.3, -0.25) is 0 Å². The second kappa shape index (κ2) is 4.10. The minimum atomic E-state index is 0.615. The lowest BCUT2D eigenvalue weighted by Gasteiger charge is -2.11. The van der Waals surface area contributed by atoms with E-state index in [0.717, 1.165) is 11.3 Å². The van der Waals surface area contributed by atoms with Gasteiger partial charge in [-0.25, -0.2) is 14.5 Å². The standard InChI is InChI=1S/C13H13N5/c1-17(2)11-5-3-10(4-6-11)12-9-18-13(16-12)14-7-8-15-18/h3-9H,1-2H3. The van der Waals surface area contributed by atoms with Gasteiger partial charge in [-0.1, -0.05) is 12.1 Å². The molecule has 0 atom stereocenters. The molecule has 0 aliphatic heterocycles. The molecule has 18 heavy (non-hydrogen) atoms. The van der Waals surface area contributed by atoms with Gasteiger partial charge < -0.3 is 4.90 Å². The number of nitrogens with zero attached hydrogens (tertiary/aromatic N) is 5. The number of anilines is 1. The van der Waals surface area contributed by atoms with Crippen molar-refractivity contribution in [3.8, 4) is 11.3 Å². The van der Waals surface area contributed by atoms with E-state index in [-0.39, 0.29) is 0 Å². The van der Waals surface area contributed by atoms with E-state index in [2.05, 4.69) is 44.2 Å². The fourth-order valence-corrected chi connectivity index (χ4v) is 1.81. The van der Waals surface area contributed by atoms with Crippen molar-refractivity contribution < 1.29 is 0 Å². The predicted octanol–water partition coefficient (Wildman–Crippen LogP) is 1.86. The van der Waals surface area contributed by atoms with E-state index in [9.17, 15) is 0 Å². The second-order valence-corrected chi connectivity index (χ2v) is 4.25. The molecule has 0 spiro atoms. The highest BCUT2D eigenvalue weighted by Crippen LogP contribution is 2.21. The van der Waals surface area contributed by atoms with Crippen molar-refractivity contribution in [3.05, 3.63) is 42.9 Å². The molecule has 0 saturated carbocycles. The molecule has 0 aliphatic carbocycles. The molecule has 90 valence electrons. The van der Waals surface area contributed by atoms with Crippen molar-refractivity contribution >= 4 is 11.5 Å². The summed E-state index contributed by atoms with van der Waals surface area (Å²) in [5.74, 6) is 0.615. The van der Waals surface area contributed by atoms with Crippen LogP contribution in [0.2, 0.25) is 0 Å². The molecule has 0 amide bonds. The van der Waals surface area contributed by atoms with E-state index >= 15 is 0 Å². The van der Waals surface area contributed by atoms with E-state index in [1.807, 2.05) is 20.3 Å². The van der Waals surface area contributed by atoms with Crippen LogP contribution in [0.25, 0.3) is 17.0 Å². The van der Waals surface area contributed by atoms with Crippen molar-refractivity contribution in [2.75, 3.05) is 19.0 Å². The van der Waals surface area contributed by atoms with E-state index in [4.69, 9.17) is 0 Å². The van der Waals surface area contributed by atoms with Gasteiger partial charge in [-0.05, 0) is 12.1 Å². The van der Waals surface area contributed by atoms with Crippen molar-refractivity contribution in [1.82, 2.24) is 19.6 Å². The third-order valence-corrected chi connectivity index (χ3v) is 2.80. The molecule has 5 heteroatoms.